The first-order chi connectivity index (χ1) is 7.29. The van der Waals surface area contributed by atoms with Gasteiger partial charge in [0.15, 0.2) is 6.29 Å². The summed E-state index contributed by atoms with van der Waals surface area (Å²) >= 11 is 0. The van der Waals surface area contributed by atoms with Crippen LogP contribution >= 0.6 is 0 Å². The minimum atomic E-state index is -4.88. The lowest BCUT2D eigenvalue weighted by molar-refractivity contribution is -0.137. The topological polar surface area (TPSA) is 60.2 Å². The van der Waals surface area contributed by atoms with Gasteiger partial charge in [0.2, 0.25) is 5.91 Å². The minimum Gasteiger partial charge on any atom is -0.366 e. The van der Waals surface area contributed by atoms with Gasteiger partial charge in [-0.1, -0.05) is 0 Å². The normalized spacial score (nSPS) is 11.2. The largest absolute Gasteiger partial charge is 0.417 e. The summed E-state index contributed by atoms with van der Waals surface area (Å²) in [6.45, 7) is 0. The molecule has 0 heterocycles. The van der Waals surface area contributed by atoms with Crippen LogP contribution in [0.1, 0.15) is 26.3 Å². The van der Waals surface area contributed by atoms with Crippen molar-refractivity contribution in [1.82, 2.24) is 0 Å². The van der Waals surface area contributed by atoms with E-state index in [-0.39, 0.29) is 6.29 Å². The Morgan fingerprint density at radius 1 is 1.31 bits per heavy atom. The van der Waals surface area contributed by atoms with Crippen molar-refractivity contribution in [3.05, 3.63) is 34.6 Å². The van der Waals surface area contributed by atoms with Crippen molar-refractivity contribution in [1.29, 1.82) is 0 Å². The van der Waals surface area contributed by atoms with Gasteiger partial charge in [0.1, 0.15) is 5.82 Å². The average Bonchev–Trinajstić information content (AvgIpc) is 2.14. The van der Waals surface area contributed by atoms with E-state index >= 15 is 0 Å². The third-order valence-electron chi connectivity index (χ3n) is 1.86. The maximum absolute atomic E-state index is 13.0. The molecule has 86 valence electrons. The van der Waals surface area contributed by atoms with E-state index in [0.717, 1.165) is 0 Å². The first-order valence-electron chi connectivity index (χ1n) is 3.93. The Labute approximate surface area is 86.9 Å². The zero-order valence-corrected chi connectivity index (χ0v) is 7.64. The predicted octanol–water partition coefficient (Wildman–Crippen LogP) is 1.76. The van der Waals surface area contributed by atoms with Crippen LogP contribution in [0.15, 0.2) is 12.1 Å². The fourth-order valence-electron chi connectivity index (χ4n) is 1.21. The molecule has 1 aromatic rings. The summed E-state index contributed by atoms with van der Waals surface area (Å²) in [4.78, 5) is 21.2. The molecule has 0 saturated carbocycles. The molecule has 3 nitrogen and oxygen atoms in total. The zero-order valence-electron chi connectivity index (χ0n) is 7.64. The Hall–Kier alpha value is -1.92. The third kappa shape index (κ3) is 2.02. The molecule has 0 aliphatic carbocycles. The Bertz CT molecular complexity index is 454. The molecule has 0 fully saturated rings. The molecule has 7 heteroatoms. The van der Waals surface area contributed by atoms with E-state index in [4.69, 9.17) is 5.73 Å². The highest BCUT2D eigenvalue weighted by molar-refractivity contribution is 6.02. The van der Waals surface area contributed by atoms with Crippen molar-refractivity contribution < 1.29 is 27.2 Å². The van der Waals surface area contributed by atoms with E-state index in [9.17, 15) is 27.2 Å². The van der Waals surface area contributed by atoms with Gasteiger partial charge in [-0.05, 0) is 12.1 Å². The second kappa shape index (κ2) is 3.92. The van der Waals surface area contributed by atoms with E-state index < -0.39 is 34.6 Å². The average molecular weight is 235 g/mol. The van der Waals surface area contributed by atoms with Crippen LogP contribution in [0.4, 0.5) is 17.6 Å². The summed E-state index contributed by atoms with van der Waals surface area (Å²) in [6.07, 6.45) is -5.06. The van der Waals surface area contributed by atoms with E-state index in [2.05, 4.69) is 0 Å². The number of amides is 1. The van der Waals surface area contributed by atoms with Gasteiger partial charge in [0.05, 0.1) is 16.7 Å². The van der Waals surface area contributed by atoms with Gasteiger partial charge in [-0.3, -0.25) is 9.59 Å². The van der Waals surface area contributed by atoms with Gasteiger partial charge >= 0.3 is 6.18 Å². The molecule has 0 bridgehead atoms. The fourth-order valence-corrected chi connectivity index (χ4v) is 1.21. The zero-order chi connectivity index (χ0) is 12.5. The molecule has 0 aromatic heterocycles. The fraction of sp³-hybridized carbons (Fsp3) is 0.111. The number of aldehydes is 1. The summed E-state index contributed by atoms with van der Waals surface area (Å²) in [7, 11) is 0. The number of nitrogens with two attached hydrogens (primary N) is 1. The SMILES string of the molecule is NC(=O)c1c(C(F)(F)F)ccc(F)c1C=O. The van der Waals surface area contributed by atoms with Crippen molar-refractivity contribution in [3.63, 3.8) is 0 Å². The third-order valence-corrected chi connectivity index (χ3v) is 1.86. The molecule has 0 atom stereocenters. The van der Waals surface area contributed by atoms with E-state index in [1.54, 1.807) is 0 Å². The van der Waals surface area contributed by atoms with Crippen LogP contribution < -0.4 is 5.73 Å². The number of benzene rings is 1. The van der Waals surface area contributed by atoms with E-state index in [1.165, 1.54) is 0 Å². The van der Waals surface area contributed by atoms with Crippen LogP contribution in [0, 0.1) is 5.82 Å². The highest BCUT2D eigenvalue weighted by Gasteiger charge is 2.36. The molecule has 0 aliphatic heterocycles. The quantitative estimate of drug-likeness (QED) is 0.627. The lowest BCUT2D eigenvalue weighted by atomic mass is 10.00. The summed E-state index contributed by atoms with van der Waals surface area (Å²) in [5.41, 5.74) is 1.13. The van der Waals surface area contributed by atoms with E-state index in [1.807, 2.05) is 0 Å². The molecule has 2 N–H and O–H groups in total. The molecule has 0 saturated heterocycles. The predicted molar refractivity (Wildman–Crippen MR) is 45.3 cm³/mol. The number of halogens is 4. The van der Waals surface area contributed by atoms with Crippen LogP contribution in [0.5, 0.6) is 0 Å². The van der Waals surface area contributed by atoms with Gasteiger partial charge in [0, 0.05) is 0 Å². The lowest BCUT2D eigenvalue weighted by Gasteiger charge is -2.12. The van der Waals surface area contributed by atoms with Crippen LogP contribution in [0.25, 0.3) is 0 Å². The van der Waals surface area contributed by atoms with Gasteiger partial charge in [0.25, 0.3) is 0 Å². The number of hydrogen-bond donors (Lipinski definition) is 1. The van der Waals surface area contributed by atoms with Crippen molar-refractivity contribution in [2.45, 2.75) is 6.18 Å². The van der Waals surface area contributed by atoms with Crippen molar-refractivity contribution in [3.8, 4) is 0 Å². The molecule has 1 amide bonds. The van der Waals surface area contributed by atoms with Crippen LogP contribution in [0.3, 0.4) is 0 Å². The maximum atomic E-state index is 13.0. The van der Waals surface area contributed by atoms with Gasteiger partial charge < -0.3 is 5.73 Å². The number of rotatable bonds is 2. The van der Waals surface area contributed by atoms with Gasteiger partial charge in [-0.15, -0.1) is 0 Å². The molecule has 1 rings (SSSR count). The van der Waals surface area contributed by atoms with Gasteiger partial charge in [-0.2, -0.15) is 13.2 Å². The first-order valence-corrected chi connectivity index (χ1v) is 3.93. The smallest absolute Gasteiger partial charge is 0.366 e. The Morgan fingerprint density at radius 2 is 1.88 bits per heavy atom. The molecule has 0 unspecified atom stereocenters. The highest BCUT2D eigenvalue weighted by Crippen LogP contribution is 2.33. The maximum Gasteiger partial charge on any atom is 0.417 e. The van der Waals surface area contributed by atoms with Crippen molar-refractivity contribution in [2.24, 2.45) is 5.73 Å². The number of carbonyl (C=O) groups is 2. The second-order valence-corrected chi connectivity index (χ2v) is 2.86. The first kappa shape index (κ1) is 12.2. The molecule has 16 heavy (non-hydrogen) atoms. The minimum absolute atomic E-state index is 0.176. The number of carbonyl (C=O) groups excluding carboxylic acids is 2. The summed E-state index contributed by atoms with van der Waals surface area (Å²) in [6, 6.07) is 0.821. The summed E-state index contributed by atoms with van der Waals surface area (Å²) in [5.74, 6) is -2.73. The summed E-state index contributed by atoms with van der Waals surface area (Å²) in [5, 5.41) is 0. The monoisotopic (exact) mass is 235 g/mol. The molecule has 0 spiro atoms. The number of alkyl halides is 3. The number of hydrogen-bond acceptors (Lipinski definition) is 2. The standard InChI is InChI=1S/C9H5F4NO2/c10-6-2-1-5(9(11,12)13)7(8(14)16)4(6)3-15/h1-3H,(H2,14,16). The molecule has 0 radical (unpaired) electrons. The van der Waals surface area contributed by atoms with Crippen molar-refractivity contribution in [2.75, 3.05) is 0 Å². The second-order valence-electron chi connectivity index (χ2n) is 2.86. The van der Waals surface area contributed by atoms with E-state index in [0.29, 0.717) is 12.1 Å². The summed E-state index contributed by atoms with van der Waals surface area (Å²) < 4.78 is 50.2. The highest BCUT2D eigenvalue weighted by atomic mass is 19.4. The van der Waals surface area contributed by atoms with Crippen LogP contribution in [-0.4, -0.2) is 12.2 Å². The lowest BCUT2D eigenvalue weighted by Crippen LogP contribution is -2.21. The molecule has 1 aromatic carbocycles. The van der Waals surface area contributed by atoms with Crippen molar-refractivity contribution >= 4 is 12.2 Å². The molecular weight excluding hydrogens is 230 g/mol. The van der Waals surface area contributed by atoms with Crippen LogP contribution in [0.2, 0.25) is 0 Å². The Kier molecular flexibility index (Phi) is 2.97. The Balaban J connectivity index is 3.65. The van der Waals surface area contributed by atoms with Crippen LogP contribution in [-0.2, 0) is 6.18 Å². The Morgan fingerprint density at radius 3 is 2.25 bits per heavy atom. The van der Waals surface area contributed by atoms with Gasteiger partial charge in [-0.25, -0.2) is 4.39 Å². The number of primary amides is 1. The molecular formula is C9H5F4NO2. The molecule has 0 aliphatic rings.